The van der Waals surface area contributed by atoms with E-state index in [0.29, 0.717) is 11.5 Å². The topological polar surface area (TPSA) is 67.2 Å². The first kappa shape index (κ1) is 12.2. The molecule has 0 fully saturated rings. The van der Waals surface area contributed by atoms with Crippen molar-refractivity contribution < 1.29 is 4.79 Å². The molecule has 0 saturated heterocycles. The number of rotatable bonds is 2. The maximum atomic E-state index is 11.3. The molecule has 0 aliphatic carbocycles. The molecule has 1 aromatic carbocycles. The third-order valence-corrected chi connectivity index (χ3v) is 3.46. The van der Waals surface area contributed by atoms with Crippen molar-refractivity contribution in [3.63, 3.8) is 0 Å². The molecule has 1 aromatic heterocycles. The molecule has 0 amide bonds. The smallest absolute Gasteiger partial charge is 0.155 e. The number of amidine groups is 1. The first-order valence-electron chi connectivity index (χ1n) is 5.64. The van der Waals surface area contributed by atoms with Crippen molar-refractivity contribution in [2.75, 3.05) is 0 Å². The second kappa shape index (κ2) is 5.04. The average molecular weight is 364 g/mol. The maximum Gasteiger partial charge on any atom is 0.155 e. The van der Waals surface area contributed by atoms with E-state index in [4.69, 9.17) is 0 Å². The Bertz CT molecular complexity index is 657. The minimum atomic E-state index is -0.403. The lowest BCUT2D eigenvalue weighted by Crippen LogP contribution is -2.33. The molecule has 1 aliphatic rings. The van der Waals surface area contributed by atoms with Crippen LogP contribution in [0.15, 0.2) is 41.8 Å². The third kappa shape index (κ3) is 2.35. The molecule has 0 bridgehead atoms. The van der Waals surface area contributed by atoms with Crippen LogP contribution < -0.4 is 5.32 Å². The van der Waals surface area contributed by atoms with Crippen molar-refractivity contribution in [2.24, 2.45) is 4.99 Å². The largest absolute Gasteiger partial charge is 0.355 e. The molecule has 1 aliphatic heterocycles. The number of nitrogens with zero attached hydrogens (tertiary/aromatic N) is 3. The summed E-state index contributed by atoms with van der Waals surface area (Å²) in [6.07, 6.45) is 5.69. The van der Waals surface area contributed by atoms with Gasteiger partial charge in [0.05, 0.1) is 11.9 Å². The zero-order chi connectivity index (χ0) is 13.2. The molecule has 1 N–H and O–H groups in total. The van der Waals surface area contributed by atoms with Gasteiger partial charge in [-0.1, -0.05) is 0 Å². The summed E-state index contributed by atoms with van der Waals surface area (Å²) < 4.78 is 1.07. The molecule has 6 heteroatoms. The van der Waals surface area contributed by atoms with E-state index in [1.54, 1.807) is 18.6 Å². The zero-order valence-corrected chi connectivity index (χ0v) is 11.9. The van der Waals surface area contributed by atoms with Crippen molar-refractivity contribution in [3.8, 4) is 0 Å². The summed E-state index contributed by atoms with van der Waals surface area (Å²) in [7, 11) is 0. The van der Waals surface area contributed by atoms with Crippen LogP contribution in [0.2, 0.25) is 0 Å². The Hall–Kier alpha value is -1.83. The second-order valence-corrected chi connectivity index (χ2v) is 5.26. The standard InChI is InChI=1S/C13H9IN4O/c14-8-1-2-10-9(5-8)12(7-19)18-13(17-10)11-6-15-3-4-16-11/h1-7,12H,(H,17,18). The van der Waals surface area contributed by atoms with Gasteiger partial charge < -0.3 is 10.1 Å². The number of nitrogens with one attached hydrogen (secondary N) is 1. The number of aldehydes is 1. The van der Waals surface area contributed by atoms with Gasteiger partial charge in [-0.2, -0.15) is 0 Å². The lowest BCUT2D eigenvalue weighted by molar-refractivity contribution is -0.109. The molecule has 0 radical (unpaired) electrons. The lowest BCUT2D eigenvalue weighted by Gasteiger charge is -2.22. The minimum absolute atomic E-state index is 0.403. The highest BCUT2D eigenvalue weighted by Gasteiger charge is 2.22. The van der Waals surface area contributed by atoms with Gasteiger partial charge in [-0.05, 0) is 40.8 Å². The number of fused-ring (bicyclic) bond motifs is 1. The Morgan fingerprint density at radius 3 is 2.95 bits per heavy atom. The number of hydrogen-bond donors (Lipinski definition) is 1. The van der Waals surface area contributed by atoms with Crippen LogP contribution in [0.1, 0.15) is 17.3 Å². The van der Waals surface area contributed by atoms with E-state index < -0.39 is 6.04 Å². The molecule has 3 rings (SSSR count). The van der Waals surface area contributed by atoms with Gasteiger partial charge in [0, 0.05) is 21.5 Å². The summed E-state index contributed by atoms with van der Waals surface area (Å²) in [6, 6.07) is 5.42. The highest BCUT2D eigenvalue weighted by atomic mass is 127. The fourth-order valence-electron chi connectivity index (χ4n) is 1.91. The van der Waals surface area contributed by atoms with Crippen LogP contribution in [0.25, 0.3) is 0 Å². The zero-order valence-electron chi connectivity index (χ0n) is 9.75. The fraction of sp³-hybridized carbons (Fsp3) is 0.0769. The van der Waals surface area contributed by atoms with E-state index in [1.807, 2.05) is 18.2 Å². The van der Waals surface area contributed by atoms with Crippen LogP contribution in [0.5, 0.6) is 0 Å². The maximum absolute atomic E-state index is 11.3. The Morgan fingerprint density at radius 1 is 1.32 bits per heavy atom. The molecule has 0 spiro atoms. The number of hydrogen-bond acceptors (Lipinski definition) is 5. The van der Waals surface area contributed by atoms with Crippen LogP contribution in [0.4, 0.5) is 5.69 Å². The molecular weight excluding hydrogens is 355 g/mol. The highest BCUT2D eigenvalue weighted by molar-refractivity contribution is 14.1. The van der Waals surface area contributed by atoms with Crippen LogP contribution in [0, 0.1) is 3.57 Å². The first-order chi connectivity index (χ1) is 9.28. The number of halogens is 1. The van der Waals surface area contributed by atoms with E-state index in [1.165, 1.54) is 0 Å². The molecule has 94 valence electrons. The number of aromatic nitrogens is 2. The van der Waals surface area contributed by atoms with E-state index in [9.17, 15) is 4.79 Å². The van der Waals surface area contributed by atoms with Crippen LogP contribution in [-0.2, 0) is 4.79 Å². The Kier molecular flexibility index (Phi) is 3.24. The van der Waals surface area contributed by atoms with E-state index in [0.717, 1.165) is 21.1 Å². The molecule has 1 atom stereocenters. The number of aliphatic imine (C=N–C) groups is 1. The molecular formula is C13H9IN4O. The van der Waals surface area contributed by atoms with Crippen molar-refractivity contribution in [1.29, 1.82) is 0 Å². The van der Waals surface area contributed by atoms with Crippen LogP contribution in [0.3, 0.4) is 0 Å². The number of carbonyl (C=O) groups excluding carboxylic acids is 1. The van der Waals surface area contributed by atoms with Gasteiger partial charge in [0.25, 0.3) is 0 Å². The quantitative estimate of drug-likeness (QED) is 0.654. The van der Waals surface area contributed by atoms with Gasteiger partial charge in [-0.25, -0.2) is 9.98 Å². The predicted octanol–water partition coefficient (Wildman–Crippen LogP) is 2.00. The van der Waals surface area contributed by atoms with Crippen LogP contribution >= 0.6 is 22.6 Å². The van der Waals surface area contributed by atoms with Crippen molar-refractivity contribution in [1.82, 2.24) is 15.3 Å². The fourth-order valence-corrected chi connectivity index (χ4v) is 2.43. The first-order valence-corrected chi connectivity index (χ1v) is 6.72. The molecule has 5 nitrogen and oxygen atoms in total. The SMILES string of the molecule is O=CC1NC(c2cnccn2)=Nc2ccc(I)cc21. The van der Waals surface area contributed by atoms with Crippen LogP contribution in [-0.4, -0.2) is 22.1 Å². The molecule has 2 heterocycles. The summed E-state index contributed by atoms with van der Waals surface area (Å²) in [5.41, 5.74) is 2.30. The van der Waals surface area contributed by atoms with Gasteiger partial charge in [0.2, 0.25) is 0 Å². The summed E-state index contributed by atoms with van der Waals surface area (Å²) in [5, 5.41) is 3.08. The van der Waals surface area contributed by atoms with Crippen molar-refractivity contribution >= 4 is 40.4 Å². The van der Waals surface area contributed by atoms with Gasteiger partial charge in [-0.15, -0.1) is 0 Å². The predicted molar refractivity (Wildman–Crippen MR) is 79.3 cm³/mol. The van der Waals surface area contributed by atoms with Gasteiger partial charge >= 0.3 is 0 Å². The lowest BCUT2D eigenvalue weighted by atomic mass is 10.0. The molecule has 19 heavy (non-hydrogen) atoms. The minimum Gasteiger partial charge on any atom is -0.355 e. The molecule has 2 aromatic rings. The number of carbonyl (C=O) groups is 1. The Balaban J connectivity index is 2.11. The second-order valence-electron chi connectivity index (χ2n) is 4.01. The summed E-state index contributed by atoms with van der Waals surface area (Å²) in [4.78, 5) is 23.9. The summed E-state index contributed by atoms with van der Waals surface area (Å²) >= 11 is 2.21. The third-order valence-electron chi connectivity index (χ3n) is 2.79. The monoisotopic (exact) mass is 364 g/mol. The van der Waals surface area contributed by atoms with Gasteiger partial charge in [0.1, 0.15) is 18.0 Å². The average Bonchev–Trinajstić information content (AvgIpc) is 2.47. The number of benzene rings is 1. The molecule has 0 saturated carbocycles. The van der Waals surface area contributed by atoms with Crippen molar-refractivity contribution in [3.05, 3.63) is 51.6 Å². The van der Waals surface area contributed by atoms with Gasteiger partial charge in [0.15, 0.2) is 5.84 Å². The summed E-state index contributed by atoms with van der Waals surface area (Å²) in [6.45, 7) is 0. The van der Waals surface area contributed by atoms with E-state index in [2.05, 4.69) is 42.9 Å². The van der Waals surface area contributed by atoms with Gasteiger partial charge in [-0.3, -0.25) is 4.98 Å². The Labute approximate surface area is 123 Å². The normalized spacial score (nSPS) is 17.1. The highest BCUT2D eigenvalue weighted by Crippen LogP contribution is 2.30. The summed E-state index contributed by atoms with van der Waals surface area (Å²) in [5.74, 6) is 0.568. The molecule has 1 unspecified atom stereocenters. The Morgan fingerprint density at radius 2 is 2.21 bits per heavy atom. The van der Waals surface area contributed by atoms with Crippen molar-refractivity contribution in [2.45, 2.75) is 6.04 Å². The van der Waals surface area contributed by atoms with E-state index >= 15 is 0 Å². The van der Waals surface area contributed by atoms with E-state index in [-0.39, 0.29) is 0 Å².